The number of benzene rings is 6. The number of aliphatic imine (C=N–C) groups is 1. The summed E-state index contributed by atoms with van der Waals surface area (Å²) in [6, 6.07) is 50.1. The van der Waals surface area contributed by atoms with Gasteiger partial charge in [0.05, 0.1) is 6.04 Å². The molecule has 2 N–H and O–H groups in total. The second kappa shape index (κ2) is 13.8. The Labute approximate surface area is 263 Å². The number of phenols is 1. The van der Waals surface area contributed by atoms with Crippen molar-refractivity contribution >= 4 is 6.21 Å². The molecular formula is C40H33NO4. The molecule has 5 heteroatoms. The van der Waals surface area contributed by atoms with Crippen LogP contribution in [0.5, 0.6) is 28.7 Å². The molecule has 6 aromatic carbocycles. The minimum Gasteiger partial charge on any atom is -0.507 e. The van der Waals surface area contributed by atoms with Crippen molar-refractivity contribution in [2.75, 3.05) is 0 Å². The van der Waals surface area contributed by atoms with E-state index in [4.69, 9.17) is 14.5 Å². The summed E-state index contributed by atoms with van der Waals surface area (Å²) >= 11 is 0. The van der Waals surface area contributed by atoms with Crippen LogP contribution in [0.4, 0.5) is 0 Å². The molecule has 0 bridgehead atoms. The Kier molecular flexibility index (Phi) is 9.00. The van der Waals surface area contributed by atoms with Crippen LogP contribution in [0.15, 0.2) is 169 Å². The van der Waals surface area contributed by atoms with E-state index in [2.05, 4.69) is 0 Å². The van der Waals surface area contributed by atoms with Gasteiger partial charge >= 0.3 is 0 Å². The molecule has 0 aromatic heterocycles. The summed E-state index contributed by atoms with van der Waals surface area (Å²) in [6.07, 6.45) is 2.00. The SMILES string of the molecule is Oc1ccccc1C=NC(Cc1ccccc1)C(O)(c1ccccc1Oc1ccccc1)c1ccccc1Oc1ccccc1. The van der Waals surface area contributed by atoms with E-state index in [1.54, 1.807) is 24.4 Å². The summed E-state index contributed by atoms with van der Waals surface area (Å²) in [5.41, 5.74) is 0.813. The first-order valence-electron chi connectivity index (χ1n) is 14.8. The van der Waals surface area contributed by atoms with Gasteiger partial charge in [-0.3, -0.25) is 4.99 Å². The molecule has 0 spiro atoms. The summed E-state index contributed by atoms with van der Waals surface area (Å²) in [7, 11) is 0. The smallest absolute Gasteiger partial charge is 0.144 e. The maximum absolute atomic E-state index is 13.4. The fraction of sp³-hybridized carbons (Fsp3) is 0.0750. The van der Waals surface area contributed by atoms with Crippen molar-refractivity contribution in [3.63, 3.8) is 0 Å². The number of aliphatic hydroxyl groups is 1. The molecule has 1 atom stereocenters. The van der Waals surface area contributed by atoms with E-state index in [-0.39, 0.29) is 5.75 Å². The van der Waals surface area contributed by atoms with Gasteiger partial charge in [-0.05, 0) is 60.5 Å². The normalized spacial score (nSPS) is 12.1. The molecule has 6 rings (SSSR count). The van der Waals surface area contributed by atoms with Gasteiger partial charge in [-0.2, -0.15) is 0 Å². The van der Waals surface area contributed by atoms with Crippen molar-refractivity contribution in [1.82, 2.24) is 0 Å². The van der Waals surface area contributed by atoms with E-state index >= 15 is 0 Å². The Balaban J connectivity index is 1.57. The van der Waals surface area contributed by atoms with Crippen LogP contribution in [0.1, 0.15) is 22.3 Å². The number of nitrogens with zero attached hydrogens (tertiary/aromatic N) is 1. The number of phenolic OH excluding ortho intramolecular Hbond substituents is 1. The average molecular weight is 592 g/mol. The van der Waals surface area contributed by atoms with E-state index in [0.717, 1.165) is 5.56 Å². The topological polar surface area (TPSA) is 71.3 Å². The molecule has 0 fully saturated rings. The van der Waals surface area contributed by atoms with Crippen molar-refractivity contribution in [3.05, 3.63) is 186 Å². The molecule has 0 aliphatic rings. The van der Waals surface area contributed by atoms with Crippen LogP contribution in [0.3, 0.4) is 0 Å². The third kappa shape index (κ3) is 6.80. The molecule has 1 unspecified atom stereocenters. The highest BCUT2D eigenvalue weighted by atomic mass is 16.5. The van der Waals surface area contributed by atoms with Crippen molar-refractivity contribution in [3.8, 4) is 28.7 Å². The highest BCUT2D eigenvalue weighted by Crippen LogP contribution is 2.46. The lowest BCUT2D eigenvalue weighted by Gasteiger charge is -2.37. The zero-order valence-corrected chi connectivity index (χ0v) is 24.6. The quantitative estimate of drug-likeness (QED) is 0.148. The van der Waals surface area contributed by atoms with Gasteiger partial charge in [-0.15, -0.1) is 0 Å². The van der Waals surface area contributed by atoms with Crippen molar-refractivity contribution < 1.29 is 19.7 Å². The number of aromatic hydroxyl groups is 1. The molecule has 222 valence electrons. The molecule has 0 amide bonds. The Morgan fingerprint density at radius 2 is 1.00 bits per heavy atom. The van der Waals surface area contributed by atoms with E-state index in [9.17, 15) is 10.2 Å². The number of para-hydroxylation sites is 5. The van der Waals surface area contributed by atoms with E-state index in [1.165, 1.54) is 0 Å². The minimum absolute atomic E-state index is 0.101. The maximum atomic E-state index is 13.4. The molecule has 0 radical (unpaired) electrons. The third-order valence-corrected chi connectivity index (χ3v) is 7.62. The molecule has 0 aliphatic carbocycles. The van der Waals surface area contributed by atoms with Crippen LogP contribution >= 0.6 is 0 Å². The average Bonchev–Trinajstić information content (AvgIpc) is 3.09. The molecule has 45 heavy (non-hydrogen) atoms. The van der Waals surface area contributed by atoms with Gasteiger partial charge < -0.3 is 19.7 Å². The molecule has 0 heterocycles. The van der Waals surface area contributed by atoms with Crippen molar-refractivity contribution in [2.24, 2.45) is 4.99 Å². The van der Waals surface area contributed by atoms with Crippen LogP contribution in [-0.2, 0) is 12.0 Å². The molecule has 0 saturated heterocycles. The predicted molar refractivity (Wildman–Crippen MR) is 179 cm³/mol. The Bertz CT molecular complexity index is 1770. The second-order valence-corrected chi connectivity index (χ2v) is 10.6. The molecule has 0 aliphatic heterocycles. The van der Waals surface area contributed by atoms with E-state index in [1.807, 2.05) is 146 Å². The molecule has 6 aromatic rings. The Morgan fingerprint density at radius 1 is 0.556 bits per heavy atom. The van der Waals surface area contributed by atoms with Gasteiger partial charge in [0.2, 0.25) is 0 Å². The monoisotopic (exact) mass is 591 g/mol. The lowest BCUT2D eigenvalue weighted by Crippen LogP contribution is -2.41. The van der Waals surface area contributed by atoms with Crippen molar-refractivity contribution in [1.29, 1.82) is 0 Å². The van der Waals surface area contributed by atoms with Gasteiger partial charge in [0.25, 0.3) is 0 Å². The van der Waals surface area contributed by atoms with Crippen LogP contribution < -0.4 is 9.47 Å². The zero-order valence-electron chi connectivity index (χ0n) is 24.6. The summed E-state index contributed by atoms with van der Waals surface area (Å²) in [5.74, 6) is 2.34. The molecular weight excluding hydrogens is 558 g/mol. The van der Waals surface area contributed by atoms with E-state index in [0.29, 0.717) is 46.1 Å². The van der Waals surface area contributed by atoms with Gasteiger partial charge in [-0.25, -0.2) is 0 Å². The Hall–Kier alpha value is -5.65. The number of hydrogen-bond acceptors (Lipinski definition) is 5. The van der Waals surface area contributed by atoms with Gasteiger partial charge in [-0.1, -0.05) is 115 Å². The third-order valence-electron chi connectivity index (χ3n) is 7.62. The lowest BCUT2D eigenvalue weighted by atomic mass is 9.77. The number of rotatable bonds is 11. The summed E-state index contributed by atoms with van der Waals surface area (Å²) in [5, 5.41) is 24.0. The van der Waals surface area contributed by atoms with Gasteiger partial charge in [0, 0.05) is 22.9 Å². The van der Waals surface area contributed by atoms with Crippen molar-refractivity contribution in [2.45, 2.75) is 18.1 Å². The highest BCUT2D eigenvalue weighted by molar-refractivity contribution is 5.83. The molecule has 5 nitrogen and oxygen atoms in total. The maximum Gasteiger partial charge on any atom is 0.144 e. The summed E-state index contributed by atoms with van der Waals surface area (Å²) in [4.78, 5) is 5.03. The number of hydrogen-bond donors (Lipinski definition) is 2. The first-order chi connectivity index (χ1) is 22.1. The van der Waals surface area contributed by atoms with E-state index < -0.39 is 11.6 Å². The second-order valence-electron chi connectivity index (χ2n) is 10.6. The molecule has 0 saturated carbocycles. The fourth-order valence-electron chi connectivity index (χ4n) is 5.39. The van der Waals surface area contributed by atoms with Crippen LogP contribution in [0.25, 0.3) is 0 Å². The number of ether oxygens (including phenoxy) is 2. The van der Waals surface area contributed by atoms with Gasteiger partial charge in [0.1, 0.15) is 34.3 Å². The highest BCUT2D eigenvalue weighted by Gasteiger charge is 2.44. The summed E-state index contributed by atoms with van der Waals surface area (Å²) in [6.45, 7) is 0. The lowest BCUT2D eigenvalue weighted by molar-refractivity contribution is 0.0487. The summed E-state index contributed by atoms with van der Waals surface area (Å²) < 4.78 is 12.8. The first kappa shape index (κ1) is 29.4. The standard InChI is InChI=1S/C40H33NO4/c42-36-25-13-10-18-31(36)29-41-39(28-30-16-4-1-5-17-30)40(43,34-23-11-14-26-37(34)44-32-19-6-2-7-20-32)35-24-12-15-27-38(35)45-33-21-8-3-9-22-33/h1-27,29,39,42-43H,28H2. The van der Waals surface area contributed by atoms with Crippen LogP contribution in [0.2, 0.25) is 0 Å². The van der Waals surface area contributed by atoms with Gasteiger partial charge in [0.15, 0.2) is 0 Å². The van der Waals surface area contributed by atoms with Crippen LogP contribution in [-0.4, -0.2) is 22.5 Å². The predicted octanol–water partition coefficient (Wildman–Crippen LogP) is 8.94. The minimum atomic E-state index is -1.76. The first-order valence-corrected chi connectivity index (χ1v) is 14.8. The zero-order chi connectivity index (χ0) is 30.9. The van der Waals surface area contributed by atoms with Crippen LogP contribution in [0, 0.1) is 0 Å². The largest absolute Gasteiger partial charge is 0.507 e. The fourth-order valence-corrected chi connectivity index (χ4v) is 5.39. The Morgan fingerprint density at radius 3 is 1.53 bits per heavy atom.